The molecular formula is C19H21FN2O2S. The first-order valence-corrected chi connectivity index (χ1v) is 9.42. The number of benzene rings is 1. The number of amides is 2. The normalized spacial score (nSPS) is 16.2. The van der Waals surface area contributed by atoms with Crippen LogP contribution in [0.15, 0.2) is 41.8 Å². The monoisotopic (exact) mass is 360 g/mol. The first-order valence-electron chi connectivity index (χ1n) is 8.54. The Balaban J connectivity index is 1.74. The highest BCUT2D eigenvalue weighted by Crippen LogP contribution is 2.23. The van der Waals surface area contributed by atoms with Gasteiger partial charge in [0, 0.05) is 10.9 Å². The Morgan fingerprint density at radius 1 is 1.08 bits per heavy atom. The Labute approximate surface area is 150 Å². The number of rotatable bonds is 5. The molecule has 1 aliphatic rings. The van der Waals surface area contributed by atoms with Gasteiger partial charge in [-0.3, -0.25) is 9.59 Å². The van der Waals surface area contributed by atoms with Gasteiger partial charge in [-0.2, -0.15) is 0 Å². The summed E-state index contributed by atoms with van der Waals surface area (Å²) >= 11 is 1.39. The zero-order valence-electron chi connectivity index (χ0n) is 13.8. The molecule has 1 aromatic heterocycles. The van der Waals surface area contributed by atoms with Gasteiger partial charge in [0.2, 0.25) is 5.91 Å². The van der Waals surface area contributed by atoms with E-state index in [2.05, 4.69) is 10.6 Å². The second kappa shape index (κ2) is 8.25. The van der Waals surface area contributed by atoms with Gasteiger partial charge < -0.3 is 10.6 Å². The Hall–Kier alpha value is -2.21. The van der Waals surface area contributed by atoms with Gasteiger partial charge >= 0.3 is 0 Å². The molecule has 1 fully saturated rings. The molecule has 2 aromatic rings. The number of hydrogen-bond donors (Lipinski definition) is 2. The molecule has 0 bridgehead atoms. The standard InChI is InChI=1S/C19H21FN2O2S/c20-15-10-5-4-9-14(15)18(23)22-17(16-11-6-12-25-16)19(24)21-13-7-2-1-3-8-13/h4-6,9-13,17H,1-3,7-8H2,(H,21,24)(H,22,23). The molecule has 3 rings (SSSR count). The molecule has 6 heteroatoms. The van der Waals surface area contributed by atoms with E-state index < -0.39 is 17.8 Å². The van der Waals surface area contributed by atoms with Crippen molar-refractivity contribution in [3.8, 4) is 0 Å². The van der Waals surface area contributed by atoms with Crippen LogP contribution in [0.5, 0.6) is 0 Å². The Kier molecular flexibility index (Phi) is 5.81. The van der Waals surface area contributed by atoms with Crippen molar-refractivity contribution in [2.75, 3.05) is 0 Å². The second-order valence-corrected chi connectivity index (χ2v) is 7.22. The third-order valence-corrected chi connectivity index (χ3v) is 5.37. The molecule has 1 saturated carbocycles. The highest BCUT2D eigenvalue weighted by molar-refractivity contribution is 7.10. The molecule has 1 aliphatic carbocycles. The summed E-state index contributed by atoms with van der Waals surface area (Å²) in [4.78, 5) is 25.9. The fourth-order valence-corrected chi connectivity index (χ4v) is 3.88. The number of thiophene rings is 1. The maximum atomic E-state index is 13.8. The lowest BCUT2D eigenvalue weighted by molar-refractivity contribution is -0.124. The maximum absolute atomic E-state index is 13.8. The minimum atomic E-state index is -0.811. The minimum Gasteiger partial charge on any atom is -0.351 e. The second-order valence-electron chi connectivity index (χ2n) is 6.25. The highest BCUT2D eigenvalue weighted by atomic mass is 32.1. The van der Waals surface area contributed by atoms with Crippen molar-refractivity contribution in [2.45, 2.75) is 44.2 Å². The van der Waals surface area contributed by atoms with Crippen LogP contribution in [0, 0.1) is 5.82 Å². The molecule has 1 unspecified atom stereocenters. The molecule has 0 aliphatic heterocycles. The third kappa shape index (κ3) is 4.45. The van der Waals surface area contributed by atoms with Gasteiger partial charge in [0.25, 0.3) is 5.91 Å². The number of hydrogen-bond acceptors (Lipinski definition) is 3. The molecule has 25 heavy (non-hydrogen) atoms. The van der Waals surface area contributed by atoms with Crippen molar-refractivity contribution in [2.24, 2.45) is 0 Å². The predicted molar refractivity (Wildman–Crippen MR) is 95.9 cm³/mol. The summed E-state index contributed by atoms with van der Waals surface area (Å²) in [6.07, 6.45) is 5.34. The van der Waals surface area contributed by atoms with Gasteiger partial charge in [-0.25, -0.2) is 4.39 Å². The van der Waals surface area contributed by atoms with E-state index in [9.17, 15) is 14.0 Å². The first kappa shape index (κ1) is 17.6. The lowest BCUT2D eigenvalue weighted by Gasteiger charge is -2.25. The van der Waals surface area contributed by atoms with E-state index in [4.69, 9.17) is 0 Å². The molecule has 4 nitrogen and oxygen atoms in total. The molecule has 1 heterocycles. The van der Waals surface area contributed by atoms with Crippen LogP contribution in [0.25, 0.3) is 0 Å². The fraction of sp³-hybridized carbons (Fsp3) is 0.368. The molecule has 1 atom stereocenters. The number of carbonyl (C=O) groups excluding carboxylic acids is 2. The average molecular weight is 360 g/mol. The van der Waals surface area contributed by atoms with Gasteiger partial charge in [-0.15, -0.1) is 11.3 Å². The lowest BCUT2D eigenvalue weighted by Crippen LogP contribution is -2.44. The van der Waals surface area contributed by atoms with Gasteiger partial charge in [0.15, 0.2) is 0 Å². The van der Waals surface area contributed by atoms with E-state index in [0.29, 0.717) is 0 Å². The Morgan fingerprint density at radius 2 is 1.84 bits per heavy atom. The molecule has 2 N–H and O–H groups in total. The van der Waals surface area contributed by atoms with Crippen LogP contribution in [0.3, 0.4) is 0 Å². The van der Waals surface area contributed by atoms with Gasteiger partial charge in [-0.1, -0.05) is 37.5 Å². The largest absolute Gasteiger partial charge is 0.351 e. The van der Waals surface area contributed by atoms with Crippen LogP contribution in [-0.2, 0) is 4.79 Å². The van der Waals surface area contributed by atoms with Crippen LogP contribution in [0.2, 0.25) is 0 Å². The summed E-state index contributed by atoms with van der Waals surface area (Å²) in [7, 11) is 0. The zero-order valence-corrected chi connectivity index (χ0v) is 14.7. The summed E-state index contributed by atoms with van der Waals surface area (Å²) < 4.78 is 13.8. The summed E-state index contributed by atoms with van der Waals surface area (Å²) in [6.45, 7) is 0. The Bertz CT molecular complexity index is 727. The fourth-order valence-electron chi connectivity index (χ4n) is 3.11. The Morgan fingerprint density at radius 3 is 2.52 bits per heavy atom. The molecule has 0 saturated heterocycles. The van der Waals surface area contributed by atoms with Crippen molar-refractivity contribution in [3.05, 3.63) is 58.0 Å². The van der Waals surface area contributed by atoms with E-state index >= 15 is 0 Å². The SMILES string of the molecule is O=C(NC(C(=O)NC1CCCCC1)c1cccs1)c1ccccc1F. The summed E-state index contributed by atoms with van der Waals surface area (Å²) in [6, 6.07) is 8.74. The van der Waals surface area contributed by atoms with Gasteiger partial charge in [0.1, 0.15) is 11.9 Å². The third-order valence-electron chi connectivity index (χ3n) is 4.44. The summed E-state index contributed by atoms with van der Waals surface area (Å²) in [5.74, 6) is -1.42. The van der Waals surface area contributed by atoms with Crippen LogP contribution in [0.1, 0.15) is 53.4 Å². The van der Waals surface area contributed by atoms with E-state index in [1.807, 2.05) is 11.4 Å². The topological polar surface area (TPSA) is 58.2 Å². The molecular weight excluding hydrogens is 339 g/mol. The number of carbonyl (C=O) groups is 2. The zero-order chi connectivity index (χ0) is 17.6. The van der Waals surface area contributed by atoms with Crippen molar-refractivity contribution < 1.29 is 14.0 Å². The van der Waals surface area contributed by atoms with Crippen molar-refractivity contribution in [1.82, 2.24) is 10.6 Å². The maximum Gasteiger partial charge on any atom is 0.255 e. The van der Waals surface area contributed by atoms with E-state index in [1.54, 1.807) is 12.1 Å². The van der Waals surface area contributed by atoms with Gasteiger partial charge in [0.05, 0.1) is 5.56 Å². The van der Waals surface area contributed by atoms with Crippen LogP contribution in [0.4, 0.5) is 4.39 Å². The molecule has 132 valence electrons. The van der Waals surface area contributed by atoms with E-state index in [-0.39, 0.29) is 17.5 Å². The van der Waals surface area contributed by atoms with Crippen LogP contribution in [-0.4, -0.2) is 17.9 Å². The number of halogens is 1. The van der Waals surface area contributed by atoms with E-state index in [0.717, 1.165) is 30.6 Å². The summed E-state index contributed by atoms with van der Waals surface area (Å²) in [5.41, 5.74) is -0.0606. The van der Waals surface area contributed by atoms with Crippen molar-refractivity contribution in [1.29, 1.82) is 0 Å². The smallest absolute Gasteiger partial charge is 0.255 e. The predicted octanol–water partition coefficient (Wildman–Crippen LogP) is 3.81. The minimum absolute atomic E-state index is 0.0606. The molecule has 1 aromatic carbocycles. The first-order chi connectivity index (χ1) is 12.1. The van der Waals surface area contributed by atoms with Crippen LogP contribution >= 0.6 is 11.3 Å². The van der Waals surface area contributed by atoms with E-state index in [1.165, 1.54) is 36.0 Å². The average Bonchev–Trinajstić information content (AvgIpc) is 3.15. The van der Waals surface area contributed by atoms with Crippen molar-refractivity contribution in [3.63, 3.8) is 0 Å². The molecule has 0 radical (unpaired) electrons. The van der Waals surface area contributed by atoms with Gasteiger partial charge in [-0.05, 0) is 36.4 Å². The van der Waals surface area contributed by atoms with Crippen LogP contribution < -0.4 is 10.6 Å². The number of nitrogens with one attached hydrogen (secondary N) is 2. The highest BCUT2D eigenvalue weighted by Gasteiger charge is 2.27. The molecule has 2 amide bonds. The quantitative estimate of drug-likeness (QED) is 0.852. The lowest BCUT2D eigenvalue weighted by atomic mass is 9.95. The molecule has 0 spiro atoms. The van der Waals surface area contributed by atoms with Crippen molar-refractivity contribution >= 4 is 23.2 Å². The summed E-state index contributed by atoms with van der Waals surface area (Å²) in [5, 5.41) is 7.58.